The minimum atomic E-state index is 0. The van der Waals surface area contributed by atoms with Gasteiger partial charge in [-0.05, 0) is 50.8 Å². The van der Waals surface area contributed by atoms with Gasteiger partial charge < -0.3 is 15.4 Å². The first kappa shape index (κ1) is 22.7. The number of hydrogen-bond acceptors (Lipinski definition) is 4. The number of aryl methyl sites for hydroxylation is 2. The van der Waals surface area contributed by atoms with Gasteiger partial charge in [0.05, 0.1) is 18.7 Å². The van der Waals surface area contributed by atoms with E-state index in [1.807, 2.05) is 25.1 Å². The summed E-state index contributed by atoms with van der Waals surface area (Å²) in [5, 5.41) is 10.0. The Morgan fingerprint density at radius 2 is 2.12 bits per heavy atom. The van der Waals surface area contributed by atoms with Crippen molar-refractivity contribution in [2.24, 2.45) is 4.99 Å². The largest absolute Gasteiger partial charge is 0.497 e. The Kier molecular flexibility index (Phi) is 11.3. The van der Waals surface area contributed by atoms with Crippen LogP contribution in [0.2, 0.25) is 0 Å². The zero-order valence-electron chi connectivity index (χ0n) is 15.7. The fraction of sp³-hybridized carbons (Fsp3) is 0.474. The zero-order valence-corrected chi connectivity index (χ0v) is 18.9. The number of methoxy groups -OCH3 is 1. The molecular formula is C19H29IN4OS. The summed E-state index contributed by atoms with van der Waals surface area (Å²) in [5.41, 5.74) is 2.26. The third-order valence-corrected chi connectivity index (χ3v) is 4.70. The van der Waals surface area contributed by atoms with Gasteiger partial charge in [-0.15, -0.1) is 35.3 Å². The minimum Gasteiger partial charge on any atom is -0.497 e. The monoisotopic (exact) mass is 488 g/mol. The van der Waals surface area contributed by atoms with Crippen LogP contribution in [0.1, 0.15) is 36.0 Å². The lowest BCUT2D eigenvalue weighted by atomic mass is 10.2. The molecule has 1 aromatic carbocycles. The van der Waals surface area contributed by atoms with Crippen molar-refractivity contribution in [1.29, 1.82) is 0 Å². The maximum Gasteiger partial charge on any atom is 0.191 e. The van der Waals surface area contributed by atoms with Crippen LogP contribution in [0.15, 0.2) is 34.6 Å². The highest BCUT2D eigenvalue weighted by Gasteiger charge is 2.01. The minimum absolute atomic E-state index is 0. The quantitative estimate of drug-likeness (QED) is 0.241. The van der Waals surface area contributed by atoms with Crippen molar-refractivity contribution in [3.63, 3.8) is 0 Å². The molecule has 0 atom stereocenters. The van der Waals surface area contributed by atoms with E-state index in [0.717, 1.165) is 55.3 Å². The highest BCUT2D eigenvalue weighted by atomic mass is 127. The first-order valence-electron chi connectivity index (χ1n) is 8.77. The molecule has 0 bridgehead atoms. The second kappa shape index (κ2) is 12.9. The molecule has 1 heterocycles. The number of unbranched alkanes of at least 4 members (excludes halogenated alkanes) is 1. The molecule has 0 aliphatic rings. The van der Waals surface area contributed by atoms with Crippen molar-refractivity contribution in [2.75, 3.05) is 20.2 Å². The fourth-order valence-electron chi connectivity index (χ4n) is 2.41. The van der Waals surface area contributed by atoms with Crippen molar-refractivity contribution in [2.45, 2.75) is 39.7 Å². The molecule has 0 amide bonds. The summed E-state index contributed by atoms with van der Waals surface area (Å²) >= 11 is 1.75. The van der Waals surface area contributed by atoms with Gasteiger partial charge in [0.15, 0.2) is 5.96 Å². The van der Waals surface area contributed by atoms with E-state index < -0.39 is 0 Å². The molecule has 2 aromatic rings. The van der Waals surface area contributed by atoms with Gasteiger partial charge in [-0.25, -0.2) is 9.98 Å². The van der Waals surface area contributed by atoms with Crippen molar-refractivity contribution in [3.05, 3.63) is 45.9 Å². The summed E-state index contributed by atoms with van der Waals surface area (Å²) in [5.74, 6) is 1.72. The van der Waals surface area contributed by atoms with Crippen molar-refractivity contribution in [1.82, 2.24) is 15.6 Å². The number of rotatable bonds is 9. The average molecular weight is 488 g/mol. The van der Waals surface area contributed by atoms with E-state index in [4.69, 9.17) is 4.74 Å². The lowest BCUT2D eigenvalue weighted by Gasteiger charge is -2.11. The molecule has 26 heavy (non-hydrogen) atoms. The Morgan fingerprint density at radius 1 is 1.27 bits per heavy atom. The number of guanidine groups is 1. The van der Waals surface area contributed by atoms with Gasteiger partial charge in [-0.3, -0.25) is 0 Å². The Morgan fingerprint density at radius 3 is 2.81 bits per heavy atom. The summed E-state index contributed by atoms with van der Waals surface area (Å²) in [6.07, 6.45) is 3.29. The normalized spacial score (nSPS) is 11.0. The van der Waals surface area contributed by atoms with Crippen LogP contribution in [-0.2, 0) is 13.0 Å². The molecule has 0 radical (unpaired) electrons. The Balaban J connectivity index is 0.00000338. The van der Waals surface area contributed by atoms with E-state index in [1.54, 1.807) is 18.4 Å². The maximum atomic E-state index is 5.25. The standard InChI is InChI=1S/C19H28N4OS.HI/c1-4-20-19(22-13-16-8-7-9-17(12-16)24-3)21-11-6-5-10-18-23-15(2)14-25-18;/h7-9,12,14H,4-6,10-11,13H2,1-3H3,(H2,20,21,22);1H. The number of thiazole rings is 1. The summed E-state index contributed by atoms with van der Waals surface area (Å²) in [7, 11) is 1.68. The van der Waals surface area contributed by atoms with Crippen LogP contribution >= 0.6 is 35.3 Å². The molecule has 0 saturated carbocycles. The molecule has 0 saturated heterocycles. The summed E-state index contributed by atoms with van der Waals surface area (Å²) < 4.78 is 5.25. The Bertz CT molecular complexity index is 675. The zero-order chi connectivity index (χ0) is 17.9. The summed E-state index contributed by atoms with van der Waals surface area (Å²) in [4.78, 5) is 9.15. The average Bonchev–Trinajstić information content (AvgIpc) is 3.04. The molecule has 0 spiro atoms. The summed E-state index contributed by atoms with van der Waals surface area (Å²) in [6, 6.07) is 8.01. The van der Waals surface area contributed by atoms with E-state index in [1.165, 1.54) is 5.01 Å². The predicted molar refractivity (Wildman–Crippen MR) is 121 cm³/mol. The SMILES string of the molecule is CCNC(=NCc1cccc(OC)c1)NCCCCc1nc(C)cs1.I. The molecule has 0 unspecified atom stereocenters. The van der Waals surface area contributed by atoms with Gasteiger partial charge >= 0.3 is 0 Å². The van der Waals surface area contributed by atoms with Gasteiger partial charge in [0.2, 0.25) is 0 Å². The molecule has 144 valence electrons. The Hall–Kier alpha value is -1.35. The lowest BCUT2D eigenvalue weighted by Crippen LogP contribution is -2.37. The molecule has 7 heteroatoms. The highest BCUT2D eigenvalue weighted by molar-refractivity contribution is 14.0. The first-order chi connectivity index (χ1) is 12.2. The van der Waals surface area contributed by atoms with E-state index in [2.05, 4.69) is 39.0 Å². The van der Waals surface area contributed by atoms with Crippen LogP contribution in [0.3, 0.4) is 0 Å². The number of hydrogen-bond donors (Lipinski definition) is 2. The van der Waals surface area contributed by atoms with Crippen molar-refractivity contribution < 1.29 is 4.74 Å². The van der Waals surface area contributed by atoms with Crippen LogP contribution in [0.5, 0.6) is 5.75 Å². The van der Waals surface area contributed by atoms with E-state index in [-0.39, 0.29) is 24.0 Å². The number of ether oxygens (including phenoxy) is 1. The number of aromatic nitrogens is 1. The topological polar surface area (TPSA) is 58.5 Å². The number of aliphatic imine (C=N–C) groups is 1. The van der Waals surface area contributed by atoms with Crippen LogP contribution < -0.4 is 15.4 Å². The molecule has 0 fully saturated rings. The van der Waals surface area contributed by atoms with Crippen LogP contribution in [-0.4, -0.2) is 31.1 Å². The molecule has 5 nitrogen and oxygen atoms in total. The van der Waals surface area contributed by atoms with Gasteiger partial charge in [0.1, 0.15) is 5.75 Å². The number of halogens is 1. The van der Waals surface area contributed by atoms with Gasteiger partial charge in [-0.1, -0.05) is 12.1 Å². The summed E-state index contributed by atoms with van der Waals surface area (Å²) in [6.45, 7) is 6.51. The van der Waals surface area contributed by atoms with Crippen LogP contribution in [0.4, 0.5) is 0 Å². The maximum absolute atomic E-state index is 5.25. The predicted octanol–water partition coefficient (Wildman–Crippen LogP) is 4.16. The molecule has 0 aliphatic heterocycles. The molecule has 1 aromatic heterocycles. The molecule has 2 N–H and O–H groups in total. The van der Waals surface area contributed by atoms with E-state index in [9.17, 15) is 0 Å². The Labute approximate surface area is 177 Å². The molecule has 2 rings (SSSR count). The third kappa shape index (κ3) is 8.35. The fourth-order valence-corrected chi connectivity index (χ4v) is 3.23. The van der Waals surface area contributed by atoms with Crippen molar-refractivity contribution in [3.8, 4) is 5.75 Å². The number of nitrogens with one attached hydrogen (secondary N) is 2. The third-order valence-electron chi connectivity index (χ3n) is 3.67. The number of nitrogens with zero attached hydrogens (tertiary/aromatic N) is 2. The van der Waals surface area contributed by atoms with Gasteiger partial charge in [0, 0.05) is 24.2 Å². The molecule has 0 aliphatic carbocycles. The second-order valence-corrected chi connectivity index (χ2v) is 6.76. The van der Waals surface area contributed by atoms with Gasteiger partial charge in [0.25, 0.3) is 0 Å². The number of benzene rings is 1. The smallest absolute Gasteiger partial charge is 0.191 e. The van der Waals surface area contributed by atoms with Gasteiger partial charge in [-0.2, -0.15) is 0 Å². The highest BCUT2D eigenvalue weighted by Crippen LogP contribution is 2.13. The van der Waals surface area contributed by atoms with Crippen LogP contribution in [0, 0.1) is 6.92 Å². The second-order valence-electron chi connectivity index (χ2n) is 5.81. The van der Waals surface area contributed by atoms with E-state index in [0.29, 0.717) is 6.54 Å². The van der Waals surface area contributed by atoms with E-state index >= 15 is 0 Å². The molecular weight excluding hydrogens is 459 g/mol. The van der Waals surface area contributed by atoms with Crippen molar-refractivity contribution >= 4 is 41.3 Å². The lowest BCUT2D eigenvalue weighted by molar-refractivity contribution is 0.414. The first-order valence-corrected chi connectivity index (χ1v) is 9.65. The van der Waals surface area contributed by atoms with Crippen LogP contribution in [0.25, 0.3) is 0 Å².